The molecule has 0 saturated carbocycles. The molecule has 0 bridgehead atoms. The monoisotopic (exact) mass is 434 g/mol. The van der Waals surface area contributed by atoms with E-state index in [4.69, 9.17) is 0 Å². The molecule has 4 N–H and O–H groups in total. The first-order valence-corrected chi connectivity index (χ1v) is 10.6. The van der Waals surface area contributed by atoms with Gasteiger partial charge in [-0.2, -0.15) is 0 Å². The van der Waals surface area contributed by atoms with Crippen LogP contribution in [0.4, 0.5) is 5.95 Å². The van der Waals surface area contributed by atoms with E-state index in [1.165, 1.54) is 11.3 Å². The lowest BCUT2D eigenvalue weighted by Crippen LogP contribution is -2.49. The van der Waals surface area contributed by atoms with Crippen LogP contribution in [0.5, 0.6) is 0 Å². The molecule has 9 heteroatoms. The van der Waals surface area contributed by atoms with Crippen molar-refractivity contribution in [3.05, 3.63) is 75.9 Å². The Morgan fingerprint density at radius 2 is 1.87 bits per heavy atom. The van der Waals surface area contributed by atoms with E-state index >= 15 is 0 Å². The number of benzene rings is 1. The number of carbonyl (C=O) groups excluding carboxylic acids is 2. The van der Waals surface area contributed by atoms with Crippen molar-refractivity contribution >= 4 is 40.0 Å². The van der Waals surface area contributed by atoms with Gasteiger partial charge in [0.05, 0.1) is 4.88 Å². The molecular weight excluding hydrogens is 412 g/mol. The highest BCUT2D eigenvalue weighted by molar-refractivity contribution is 7.12. The van der Waals surface area contributed by atoms with Gasteiger partial charge in [-0.3, -0.25) is 20.4 Å². The molecule has 1 aromatic carbocycles. The maximum Gasteiger partial charge on any atom is 0.262 e. The van der Waals surface area contributed by atoms with Crippen LogP contribution in [0.15, 0.2) is 54.0 Å². The molecule has 158 valence electrons. The van der Waals surface area contributed by atoms with Gasteiger partial charge in [-0.1, -0.05) is 24.3 Å². The quantitative estimate of drug-likeness (QED) is 0.334. The molecule has 0 aliphatic heterocycles. The molecule has 0 aliphatic carbocycles. The van der Waals surface area contributed by atoms with Crippen LogP contribution in [0.1, 0.15) is 26.6 Å². The number of nitrogens with zero attached hydrogens (tertiary/aromatic N) is 2. The Balaban J connectivity index is 1.53. The minimum Gasteiger partial charge on any atom is -0.361 e. The highest BCUT2D eigenvalue weighted by Gasteiger charge is 2.24. The molecule has 3 aromatic heterocycles. The van der Waals surface area contributed by atoms with Crippen molar-refractivity contribution in [2.45, 2.75) is 26.3 Å². The van der Waals surface area contributed by atoms with Crippen molar-refractivity contribution in [1.82, 2.24) is 25.7 Å². The second-order valence-electron chi connectivity index (χ2n) is 7.16. The van der Waals surface area contributed by atoms with Gasteiger partial charge in [-0.25, -0.2) is 9.97 Å². The number of rotatable bonds is 7. The molecule has 8 nitrogen and oxygen atoms in total. The number of H-pyrrole nitrogens is 1. The lowest BCUT2D eigenvalue weighted by Gasteiger charge is -2.18. The number of nitrogens with one attached hydrogen (secondary N) is 4. The Morgan fingerprint density at radius 1 is 1.10 bits per heavy atom. The number of anilines is 1. The maximum atomic E-state index is 13.0. The number of amides is 2. The van der Waals surface area contributed by atoms with Crippen LogP contribution < -0.4 is 16.2 Å². The second kappa shape index (κ2) is 8.97. The Labute approximate surface area is 183 Å². The van der Waals surface area contributed by atoms with E-state index in [1.807, 2.05) is 55.8 Å². The molecule has 31 heavy (non-hydrogen) atoms. The first-order chi connectivity index (χ1) is 15.0. The van der Waals surface area contributed by atoms with Gasteiger partial charge >= 0.3 is 0 Å². The van der Waals surface area contributed by atoms with E-state index in [0.717, 1.165) is 27.9 Å². The molecular formula is C22H22N6O2S. The predicted octanol–water partition coefficient (Wildman–Crippen LogP) is 3.12. The van der Waals surface area contributed by atoms with Crippen LogP contribution in [-0.4, -0.2) is 32.8 Å². The van der Waals surface area contributed by atoms with Crippen molar-refractivity contribution < 1.29 is 9.59 Å². The molecule has 0 fully saturated rings. The summed E-state index contributed by atoms with van der Waals surface area (Å²) < 4.78 is 0. The molecule has 0 saturated heterocycles. The molecule has 0 aliphatic rings. The average molecular weight is 435 g/mol. The third-order valence-corrected chi connectivity index (χ3v) is 5.61. The highest BCUT2D eigenvalue weighted by atomic mass is 32.1. The number of aromatic nitrogens is 3. The molecule has 1 atom stereocenters. The fraction of sp³-hybridized carbons (Fsp3) is 0.182. The van der Waals surface area contributed by atoms with Crippen LogP contribution in [0.3, 0.4) is 0 Å². The van der Waals surface area contributed by atoms with E-state index in [1.54, 1.807) is 12.1 Å². The van der Waals surface area contributed by atoms with Crippen molar-refractivity contribution in [2.75, 3.05) is 5.43 Å². The zero-order valence-electron chi connectivity index (χ0n) is 17.1. The standard InChI is InChI=1S/C22H22N6O2S/c1-13-10-14(2)25-22(24-13)28-27-20(29)18(26-21(30)19-8-5-9-31-19)11-15-12-23-17-7-4-3-6-16(15)17/h3-10,12,18,23H,11H2,1-2H3,(H,26,30)(H,27,29)(H,24,25,28). The number of fused-ring (bicyclic) bond motifs is 1. The summed E-state index contributed by atoms with van der Waals surface area (Å²) in [6.45, 7) is 3.70. The molecule has 4 aromatic rings. The summed E-state index contributed by atoms with van der Waals surface area (Å²) in [6.07, 6.45) is 2.19. The van der Waals surface area contributed by atoms with E-state index in [-0.39, 0.29) is 5.91 Å². The van der Waals surface area contributed by atoms with E-state index in [9.17, 15) is 9.59 Å². The fourth-order valence-corrected chi connectivity index (χ4v) is 3.98. The van der Waals surface area contributed by atoms with E-state index in [2.05, 4.69) is 31.1 Å². The zero-order chi connectivity index (χ0) is 21.8. The lowest BCUT2D eigenvalue weighted by atomic mass is 10.0. The lowest BCUT2D eigenvalue weighted by molar-refractivity contribution is -0.122. The smallest absolute Gasteiger partial charge is 0.262 e. The summed E-state index contributed by atoms with van der Waals surface area (Å²) in [7, 11) is 0. The van der Waals surface area contributed by atoms with Gasteiger partial charge in [0.2, 0.25) is 5.95 Å². The van der Waals surface area contributed by atoms with Crippen molar-refractivity contribution in [2.24, 2.45) is 0 Å². The first kappa shape index (κ1) is 20.5. The van der Waals surface area contributed by atoms with Crippen molar-refractivity contribution in [3.8, 4) is 0 Å². The van der Waals surface area contributed by atoms with Crippen molar-refractivity contribution in [3.63, 3.8) is 0 Å². The summed E-state index contributed by atoms with van der Waals surface area (Å²) >= 11 is 1.32. The van der Waals surface area contributed by atoms with Crippen LogP contribution in [0.2, 0.25) is 0 Å². The van der Waals surface area contributed by atoms with Crippen LogP contribution in [-0.2, 0) is 11.2 Å². The summed E-state index contributed by atoms with van der Waals surface area (Å²) in [6, 6.07) is 12.4. The summed E-state index contributed by atoms with van der Waals surface area (Å²) in [5, 5.41) is 5.68. The molecule has 4 rings (SSSR count). The fourth-order valence-electron chi connectivity index (χ4n) is 3.35. The van der Waals surface area contributed by atoms with Gasteiger partial charge in [0, 0.05) is 34.9 Å². The van der Waals surface area contributed by atoms with Crippen LogP contribution >= 0.6 is 11.3 Å². The maximum absolute atomic E-state index is 13.0. The van der Waals surface area contributed by atoms with Gasteiger partial charge in [0.15, 0.2) is 0 Å². The number of hydrogen-bond donors (Lipinski definition) is 4. The Bertz CT molecular complexity index is 1200. The molecule has 2 amide bonds. The Morgan fingerprint density at radius 3 is 2.61 bits per heavy atom. The van der Waals surface area contributed by atoms with Crippen molar-refractivity contribution in [1.29, 1.82) is 0 Å². The number of carbonyl (C=O) groups is 2. The number of aromatic amines is 1. The second-order valence-corrected chi connectivity index (χ2v) is 8.10. The van der Waals surface area contributed by atoms with E-state index < -0.39 is 11.9 Å². The average Bonchev–Trinajstić information content (AvgIpc) is 3.41. The Hall–Kier alpha value is -3.72. The molecule has 0 radical (unpaired) electrons. The normalized spacial score (nSPS) is 11.8. The third-order valence-electron chi connectivity index (χ3n) is 4.75. The molecule has 3 heterocycles. The Kier molecular flexibility index (Phi) is 5.94. The summed E-state index contributed by atoms with van der Waals surface area (Å²) in [5.41, 5.74) is 8.86. The largest absolute Gasteiger partial charge is 0.361 e. The minimum absolute atomic E-state index is 0.293. The highest BCUT2D eigenvalue weighted by Crippen LogP contribution is 2.19. The SMILES string of the molecule is Cc1cc(C)nc(NNC(=O)C(Cc2c[nH]c3ccccc23)NC(=O)c2cccs2)n1. The van der Waals surface area contributed by atoms with Crippen LogP contribution in [0.25, 0.3) is 10.9 Å². The number of aryl methyl sites for hydroxylation is 2. The minimum atomic E-state index is -0.799. The van der Waals surface area contributed by atoms with E-state index in [0.29, 0.717) is 17.2 Å². The number of thiophene rings is 1. The number of hydrazine groups is 1. The van der Waals surface area contributed by atoms with Crippen LogP contribution in [0, 0.1) is 13.8 Å². The number of hydrogen-bond acceptors (Lipinski definition) is 6. The summed E-state index contributed by atoms with van der Waals surface area (Å²) in [4.78, 5) is 37.9. The predicted molar refractivity (Wildman–Crippen MR) is 121 cm³/mol. The van der Waals surface area contributed by atoms with Gasteiger partial charge in [-0.05, 0) is 43.0 Å². The first-order valence-electron chi connectivity index (χ1n) is 9.77. The van der Waals surface area contributed by atoms with Gasteiger partial charge in [0.25, 0.3) is 11.8 Å². The molecule has 1 unspecified atom stereocenters. The van der Waals surface area contributed by atoms with Gasteiger partial charge in [-0.15, -0.1) is 11.3 Å². The number of para-hydroxylation sites is 1. The van der Waals surface area contributed by atoms with Gasteiger partial charge < -0.3 is 10.3 Å². The molecule has 0 spiro atoms. The third kappa shape index (κ3) is 4.89. The topological polar surface area (TPSA) is 112 Å². The zero-order valence-corrected chi connectivity index (χ0v) is 17.9. The van der Waals surface area contributed by atoms with Gasteiger partial charge in [0.1, 0.15) is 6.04 Å². The summed E-state index contributed by atoms with van der Waals surface area (Å²) in [5.74, 6) is -0.392.